The summed E-state index contributed by atoms with van der Waals surface area (Å²) in [5, 5.41) is 6.36. The van der Waals surface area contributed by atoms with Crippen LogP contribution in [-0.4, -0.2) is 23.9 Å². The van der Waals surface area contributed by atoms with Crippen LogP contribution >= 0.6 is 23.2 Å². The molecule has 0 aliphatic heterocycles. The summed E-state index contributed by atoms with van der Waals surface area (Å²) in [6, 6.07) is 5.00. The fourth-order valence-corrected chi connectivity index (χ4v) is 3.06. The molecular formula is C15H19Cl2N3O2. The van der Waals surface area contributed by atoms with E-state index in [4.69, 9.17) is 28.9 Å². The molecule has 5 nitrogen and oxygen atoms in total. The summed E-state index contributed by atoms with van der Waals surface area (Å²) in [7, 11) is 0. The van der Waals surface area contributed by atoms with Gasteiger partial charge in [0.1, 0.15) is 0 Å². The van der Waals surface area contributed by atoms with Crippen molar-refractivity contribution in [2.45, 2.75) is 37.6 Å². The molecule has 1 aliphatic rings. The van der Waals surface area contributed by atoms with E-state index in [-0.39, 0.29) is 12.5 Å². The van der Waals surface area contributed by atoms with Gasteiger partial charge in [0.25, 0.3) is 0 Å². The molecule has 0 bridgehead atoms. The van der Waals surface area contributed by atoms with Crippen molar-refractivity contribution in [2.24, 2.45) is 5.73 Å². The third kappa shape index (κ3) is 3.91. The summed E-state index contributed by atoms with van der Waals surface area (Å²) < 4.78 is 0. The second kappa shape index (κ2) is 7.31. The summed E-state index contributed by atoms with van der Waals surface area (Å²) in [6.45, 7) is -0.00815. The topological polar surface area (TPSA) is 84.2 Å². The molecule has 0 unspecified atom stereocenters. The average Bonchev–Trinajstić information content (AvgIpc) is 2.51. The van der Waals surface area contributed by atoms with Crippen LogP contribution in [0, 0.1) is 0 Å². The standard InChI is InChI=1S/C15H19Cl2N3O2/c16-10-5-4-6-11(13(10)17)20-12(21)9-19-15(14(18)22)7-2-1-3-8-15/h4-6,19H,1-3,7-9H2,(H2,18,22)(H,20,21). The van der Waals surface area contributed by atoms with E-state index >= 15 is 0 Å². The highest BCUT2D eigenvalue weighted by molar-refractivity contribution is 6.44. The maximum absolute atomic E-state index is 12.1. The summed E-state index contributed by atoms with van der Waals surface area (Å²) in [5.74, 6) is -0.698. The van der Waals surface area contributed by atoms with Crippen LogP contribution in [0.25, 0.3) is 0 Å². The Morgan fingerprint density at radius 3 is 2.50 bits per heavy atom. The molecule has 1 saturated carbocycles. The van der Waals surface area contributed by atoms with Gasteiger partial charge in [-0.05, 0) is 25.0 Å². The Morgan fingerprint density at radius 1 is 1.18 bits per heavy atom. The van der Waals surface area contributed by atoms with E-state index in [1.165, 1.54) is 0 Å². The van der Waals surface area contributed by atoms with Gasteiger partial charge in [-0.25, -0.2) is 0 Å². The van der Waals surface area contributed by atoms with Crippen molar-refractivity contribution in [3.63, 3.8) is 0 Å². The van der Waals surface area contributed by atoms with E-state index in [9.17, 15) is 9.59 Å². The van der Waals surface area contributed by atoms with Gasteiger partial charge >= 0.3 is 0 Å². The average molecular weight is 344 g/mol. The van der Waals surface area contributed by atoms with E-state index in [1.54, 1.807) is 18.2 Å². The Hall–Kier alpha value is -1.30. The van der Waals surface area contributed by atoms with Crippen molar-refractivity contribution in [1.29, 1.82) is 0 Å². The van der Waals surface area contributed by atoms with E-state index in [0.717, 1.165) is 19.3 Å². The molecule has 1 aromatic rings. The van der Waals surface area contributed by atoms with Crippen molar-refractivity contribution in [1.82, 2.24) is 5.32 Å². The molecule has 0 atom stereocenters. The van der Waals surface area contributed by atoms with Crippen LogP contribution < -0.4 is 16.4 Å². The number of rotatable bonds is 5. The van der Waals surface area contributed by atoms with Gasteiger partial charge in [-0.3, -0.25) is 14.9 Å². The van der Waals surface area contributed by atoms with E-state index in [0.29, 0.717) is 28.6 Å². The Balaban J connectivity index is 1.97. The summed E-state index contributed by atoms with van der Waals surface area (Å²) in [5.41, 5.74) is 5.17. The second-order valence-electron chi connectivity index (χ2n) is 5.51. The Kier molecular flexibility index (Phi) is 5.67. The number of amides is 2. The molecule has 0 heterocycles. The Labute approximate surface area is 139 Å². The van der Waals surface area contributed by atoms with Crippen LogP contribution in [0.2, 0.25) is 10.0 Å². The SMILES string of the molecule is NC(=O)C1(NCC(=O)Nc2cccc(Cl)c2Cl)CCCCC1. The zero-order valence-corrected chi connectivity index (χ0v) is 13.6. The highest BCUT2D eigenvalue weighted by atomic mass is 35.5. The first-order valence-electron chi connectivity index (χ1n) is 7.23. The number of hydrogen-bond donors (Lipinski definition) is 3. The van der Waals surface area contributed by atoms with E-state index in [2.05, 4.69) is 10.6 Å². The van der Waals surface area contributed by atoms with Crippen molar-refractivity contribution >= 4 is 40.7 Å². The third-order valence-corrected chi connectivity index (χ3v) is 4.81. The lowest BCUT2D eigenvalue weighted by atomic mass is 9.81. The molecule has 4 N–H and O–H groups in total. The van der Waals surface area contributed by atoms with Crippen molar-refractivity contribution in [3.8, 4) is 0 Å². The molecule has 1 aromatic carbocycles. The van der Waals surface area contributed by atoms with Gasteiger partial charge in [0.2, 0.25) is 11.8 Å². The number of hydrogen-bond acceptors (Lipinski definition) is 3. The van der Waals surface area contributed by atoms with Crippen LogP contribution in [0.4, 0.5) is 5.69 Å². The lowest BCUT2D eigenvalue weighted by Crippen LogP contribution is -2.58. The molecule has 22 heavy (non-hydrogen) atoms. The number of primary amides is 1. The second-order valence-corrected chi connectivity index (χ2v) is 6.30. The smallest absolute Gasteiger partial charge is 0.238 e. The molecule has 1 aliphatic carbocycles. The number of nitrogens with two attached hydrogens (primary N) is 1. The van der Waals surface area contributed by atoms with Gasteiger partial charge in [0, 0.05) is 0 Å². The maximum Gasteiger partial charge on any atom is 0.238 e. The van der Waals surface area contributed by atoms with Gasteiger partial charge in [0.05, 0.1) is 27.8 Å². The third-order valence-electron chi connectivity index (χ3n) is 3.99. The minimum Gasteiger partial charge on any atom is -0.368 e. The van der Waals surface area contributed by atoms with E-state index < -0.39 is 11.4 Å². The molecule has 0 radical (unpaired) electrons. The highest BCUT2D eigenvalue weighted by Crippen LogP contribution is 2.30. The molecule has 7 heteroatoms. The number of anilines is 1. The molecule has 2 amide bonds. The fraction of sp³-hybridized carbons (Fsp3) is 0.467. The lowest BCUT2D eigenvalue weighted by molar-refractivity contribution is -0.126. The van der Waals surface area contributed by atoms with Crippen LogP contribution in [0.1, 0.15) is 32.1 Å². The first kappa shape index (κ1) is 17.1. The number of carbonyl (C=O) groups is 2. The predicted molar refractivity (Wildman–Crippen MR) is 88.1 cm³/mol. The Morgan fingerprint density at radius 2 is 1.86 bits per heavy atom. The minimum absolute atomic E-state index is 0.00815. The molecular weight excluding hydrogens is 325 g/mol. The molecule has 1 fully saturated rings. The summed E-state index contributed by atoms with van der Waals surface area (Å²) >= 11 is 11.9. The van der Waals surface area contributed by atoms with Gasteiger partial charge < -0.3 is 11.1 Å². The molecule has 0 spiro atoms. The van der Waals surface area contributed by atoms with Gasteiger partial charge in [-0.1, -0.05) is 48.5 Å². The Bertz CT molecular complexity index is 572. The van der Waals surface area contributed by atoms with Gasteiger partial charge in [-0.15, -0.1) is 0 Å². The number of benzene rings is 1. The van der Waals surface area contributed by atoms with E-state index in [1.807, 2.05) is 0 Å². The minimum atomic E-state index is -0.784. The maximum atomic E-state index is 12.1. The first-order chi connectivity index (χ1) is 10.4. The largest absolute Gasteiger partial charge is 0.368 e. The summed E-state index contributed by atoms with van der Waals surface area (Å²) in [4.78, 5) is 23.8. The molecule has 120 valence electrons. The highest BCUT2D eigenvalue weighted by Gasteiger charge is 2.37. The fourth-order valence-electron chi connectivity index (χ4n) is 2.71. The van der Waals surface area contributed by atoms with Crippen molar-refractivity contribution in [2.75, 3.05) is 11.9 Å². The van der Waals surface area contributed by atoms with Crippen LogP contribution in [-0.2, 0) is 9.59 Å². The quantitative estimate of drug-likeness (QED) is 0.768. The monoisotopic (exact) mass is 343 g/mol. The molecule has 0 saturated heterocycles. The normalized spacial score (nSPS) is 17.0. The van der Waals surface area contributed by atoms with Gasteiger partial charge in [-0.2, -0.15) is 0 Å². The van der Waals surface area contributed by atoms with Crippen LogP contribution in [0.5, 0.6) is 0 Å². The number of halogens is 2. The van der Waals surface area contributed by atoms with Crippen molar-refractivity contribution < 1.29 is 9.59 Å². The zero-order chi connectivity index (χ0) is 16.2. The first-order valence-corrected chi connectivity index (χ1v) is 7.99. The summed E-state index contributed by atoms with van der Waals surface area (Å²) in [6.07, 6.45) is 4.26. The predicted octanol–water partition coefficient (Wildman–Crippen LogP) is 2.71. The van der Waals surface area contributed by atoms with Crippen LogP contribution in [0.15, 0.2) is 18.2 Å². The van der Waals surface area contributed by atoms with Crippen LogP contribution in [0.3, 0.4) is 0 Å². The molecule has 2 rings (SSSR count). The number of carbonyl (C=O) groups excluding carboxylic acids is 2. The lowest BCUT2D eigenvalue weighted by Gasteiger charge is -2.35. The number of nitrogens with one attached hydrogen (secondary N) is 2. The molecule has 0 aromatic heterocycles. The zero-order valence-electron chi connectivity index (χ0n) is 12.1. The van der Waals surface area contributed by atoms with Gasteiger partial charge in [0.15, 0.2) is 0 Å². The van der Waals surface area contributed by atoms with Crippen molar-refractivity contribution in [3.05, 3.63) is 28.2 Å².